The maximum atomic E-state index is 14.0. The van der Waals surface area contributed by atoms with Crippen LogP contribution in [0, 0.1) is 13.8 Å². The van der Waals surface area contributed by atoms with Crippen LogP contribution in [0.3, 0.4) is 0 Å². The predicted octanol–water partition coefficient (Wildman–Crippen LogP) is 9.65. The molecule has 0 saturated heterocycles. The zero-order valence-electron chi connectivity index (χ0n) is 24.5. The van der Waals surface area contributed by atoms with Gasteiger partial charge in [-0.25, -0.2) is 8.42 Å². The Kier molecular flexibility index (Phi) is 8.09. The van der Waals surface area contributed by atoms with Gasteiger partial charge in [0.15, 0.2) is 0 Å². The molecule has 0 heterocycles. The van der Waals surface area contributed by atoms with Crippen LogP contribution in [0.2, 0.25) is 0 Å². The van der Waals surface area contributed by atoms with Crippen molar-refractivity contribution < 1.29 is 8.42 Å². The molecule has 6 aromatic carbocycles. The molecule has 0 aromatic heterocycles. The molecule has 0 bridgehead atoms. The molecule has 212 valence electrons. The van der Waals surface area contributed by atoms with Gasteiger partial charge in [-0.05, 0) is 89.4 Å². The van der Waals surface area contributed by atoms with Crippen molar-refractivity contribution in [3.63, 3.8) is 0 Å². The minimum atomic E-state index is -3.74. The molecule has 0 amide bonds. The molecule has 6 rings (SSSR count). The highest BCUT2D eigenvalue weighted by Crippen LogP contribution is 2.38. The smallest absolute Gasteiger partial charge is 0.207 e. The predicted molar refractivity (Wildman–Crippen MR) is 177 cm³/mol. The molecule has 2 nitrogen and oxygen atoms in total. The SMILES string of the molecule is Cc1ccc(-c2ccc(-c3ccc(C)cc3S(=O)(=O)c3ccccc3)c(Cc3ccccc3)c2)c(Cc2ccccc2)c1. The van der Waals surface area contributed by atoms with Crippen LogP contribution in [0.4, 0.5) is 0 Å². The first kappa shape index (κ1) is 28.4. The van der Waals surface area contributed by atoms with Gasteiger partial charge in [-0.2, -0.15) is 0 Å². The molecule has 0 unspecified atom stereocenters. The van der Waals surface area contributed by atoms with Crippen LogP contribution in [0.5, 0.6) is 0 Å². The van der Waals surface area contributed by atoms with Crippen molar-refractivity contribution in [2.24, 2.45) is 0 Å². The first-order valence-corrected chi connectivity index (χ1v) is 16.1. The third-order valence-corrected chi connectivity index (χ3v) is 9.73. The van der Waals surface area contributed by atoms with Crippen molar-refractivity contribution in [2.75, 3.05) is 0 Å². The van der Waals surface area contributed by atoms with E-state index < -0.39 is 9.84 Å². The number of benzene rings is 6. The van der Waals surface area contributed by atoms with Crippen molar-refractivity contribution in [1.29, 1.82) is 0 Å². The Morgan fingerprint density at radius 2 is 0.953 bits per heavy atom. The zero-order valence-corrected chi connectivity index (χ0v) is 25.3. The second-order valence-electron chi connectivity index (χ2n) is 11.2. The highest BCUT2D eigenvalue weighted by Gasteiger charge is 2.24. The van der Waals surface area contributed by atoms with Gasteiger partial charge in [-0.1, -0.05) is 133 Å². The lowest BCUT2D eigenvalue weighted by molar-refractivity contribution is 0.596. The van der Waals surface area contributed by atoms with Crippen LogP contribution in [0.25, 0.3) is 22.3 Å². The molecule has 43 heavy (non-hydrogen) atoms. The van der Waals surface area contributed by atoms with Gasteiger partial charge >= 0.3 is 0 Å². The quantitative estimate of drug-likeness (QED) is 0.180. The topological polar surface area (TPSA) is 34.1 Å². The maximum Gasteiger partial charge on any atom is 0.207 e. The van der Waals surface area contributed by atoms with E-state index in [0.717, 1.165) is 34.2 Å². The van der Waals surface area contributed by atoms with E-state index in [1.165, 1.54) is 27.8 Å². The molecular formula is C40H34O2S. The fourth-order valence-electron chi connectivity index (χ4n) is 5.75. The van der Waals surface area contributed by atoms with E-state index in [1.54, 1.807) is 30.3 Å². The first-order valence-electron chi connectivity index (χ1n) is 14.6. The zero-order chi connectivity index (χ0) is 29.8. The summed E-state index contributed by atoms with van der Waals surface area (Å²) >= 11 is 0. The van der Waals surface area contributed by atoms with Crippen LogP contribution < -0.4 is 0 Å². The van der Waals surface area contributed by atoms with Crippen LogP contribution in [0.1, 0.15) is 33.4 Å². The summed E-state index contributed by atoms with van der Waals surface area (Å²) in [7, 11) is -3.74. The largest absolute Gasteiger partial charge is 0.218 e. The second kappa shape index (κ2) is 12.2. The summed E-state index contributed by atoms with van der Waals surface area (Å²) in [4.78, 5) is 0.633. The molecular weight excluding hydrogens is 545 g/mol. The van der Waals surface area contributed by atoms with Crippen molar-refractivity contribution in [3.8, 4) is 22.3 Å². The van der Waals surface area contributed by atoms with Crippen LogP contribution in [0.15, 0.2) is 155 Å². The van der Waals surface area contributed by atoms with Gasteiger partial charge in [-0.3, -0.25) is 0 Å². The molecule has 0 atom stereocenters. The molecule has 0 radical (unpaired) electrons. The number of hydrogen-bond donors (Lipinski definition) is 0. The molecule has 0 N–H and O–H groups in total. The number of aryl methyl sites for hydroxylation is 2. The normalized spacial score (nSPS) is 11.4. The first-order chi connectivity index (χ1) is 20.9. The Bertz CT molecular complexity index is 1980. The van der Waals surface area contributed by atoms with Crippen molar-refractivity contribution >= 4 is 9.84 Å². The summed E-state index contributed by atoms with van der Waals surface area (Å²) < 4.78 is 28.0. The van der Waals surface area contributed by atoms with Gasteiger partial charge in [-0.15, -0.1) is 0 Å². The summed E-state index contributed by atoms with van der Waals surface area (Å²) in [6, 6.07) is 48.5. The number of rotatable bonds is 8. The number of hydrogen-bond acceptors (Lipinski definition) is 2. The Morgan fingerprint density at radius 1 is 0.465 bits per heavy atom. The van der Waals surface area contributed by atoms with E-state index in [4.69, 9.17) is 0 Å². The van der Waals surface area contributed by atoms with Crippen molar-refractivity contribution in [3.05, 3.63) is 179 Å². The lowest BCUT2D eigenvalue weighted by atomic mass is 9.88. The molecule has 0 spiro atoms. The fraction of sp³-hybridized carbons (Fsp3) is 0.100. The van der Waals surface area contributed by atoms with Crippen LogP contribution >= 0.6 is 0 Å². The molecule has 6 aromatic rings. The minimum Gasteiger partial charge on any atom is -0.218 e. The second-order valence-corrected chi connectivity index (χ2v) is 13.1. The lowest BCUT2D eigenvalue weighted by Gasteiger charge is -2.18. The van der Waals surface area contributed by atoms with E-state index in [-0.39, 0.29) is 0 Å². The fourth-order valence-corrected chi connectivity index (χ4v) is 7.33. The van der Waals surface area contributed by atoms with Gasteiger partial charge in [0, 0.05) is 5.56 Å². The summed E-state index contributed by atoms with van der Waals surface area (Å²) in [6.45, 7) is 4.07. The Morgan fingerprint density at radius 3 is 1.56 bits per heavy atom. The Balaban J connectivity index is 1.52. The van der Waals surface area contributed by atoms with Crippen molar-refractivity contribution in [1.82, 2.24) is 0 Å². The summed E-state index contributed by atoms with van der Waals surface area (Å²) in [6.07, 6.45) is 1.52. The maximum absolute atomic E-state index is 14.0. The monoisotopic (exact) mass is 578 g/mol. The summed E-state index contributed by atoms with van der Waals surface area (Å²) in [5.41, 5.74) is 10.9. The molecule has 0 aliphatic rings. The van der Waals surface area contributed by atoms with Crippen molar-refractivity contribution in [2.45, 2.75) is 36.5 Å². The molecule has 0 saturated carbocycles. The standard InChI is InChI=1S/C40H34O2S/c1-29-18-21-37(34(24-29)26-31-12-6-3-7-13-31)33-20-23-38(35(28-33)27-32-14-8-4-9-15-32)39-22-19-30(2)25-40(39)43(41,42)36-16-10-5-11-17-36/h3-25,28H,26-27H2,1-2H3. The Labute approximate surface area is 255 Å². The Hall–Kier alpha value is -4.73. The molecule has 0 aliphatic carbocycles. The third kappa shape index (κ3) is 6.23. The van der Waals surface area contributed by atoms with Gasteiger partial charge in [0.25, 0.3) is 0 Å². The number of sulfone groups is 1. The average molecular weight is 579 g/mol. The molecule has 3 heteroatoms. The molecule has 0 aliphatic heterocycles. The van der Waals surface area contributed by atoms with Gasteiger partial charge in [0.05, 0.1) is 9.79 Å². The highest BCUT2D eigenvalue weighted by molar-refractivity contribution is 7.91. The minimum absolute atomic E-state index is 0.299. The highest BCUT2D eigenvalue weighted by atomic mass is 32.2. The van der Waals surface area contributed by atoms with Gasteiger partial charge in [0.2, 0.25) is 9.84 Å². The summed E-state index contributed by atoms with van der Waals surface area (Å²) in [5.74, 6) is 0. The lowest BCUT2D eigenvalue weighted by Crippen LogP contribution is -2.06. The van der Waals surface area contributed by atoms with Gasteiger partial charge < -0.3 is 0 Å². The van der Waals surface area contributed by atoms with E-state index in [2.05, 4.69) is 79.7 Å². The van der Waals surface area contributed by atoms with Gasteiger partial charge in [0.1, 0.15) is 0 Å². The summed E-state index contributed by atoms with van der Waals surface area (Å²) in [5, 5.41) is 0. The van der Waals surface area contributed by atoms with Crippen LogP contribution in [-0.4, -0.2) is 8.42 Å². The third-order valence-electron chi connectivity index (χ3n) is 7.92. The van der Waals surface area contributed by atoms with E-state index >= 15 is 0 Å². The average Bonchev–Trinajstić information content (AvgIpc) is 3.03. The molecule has 0 fully saturated rings. The van der Waals surface area contributed by atoms with E-state index in [1.807, 2.05) is 49.4 Å². The van der Waals surface area contributed by atoms with E-state index in [0.29, 0.717) is 16.2 Å². The van der Waals surface area contributed by atoms with Crippen LogP contribution in [-0.2, 0) is 22.7 Å². The van der Waals surface area contributed by atoms with E-state index in [9.17, 15) is 8.42 Å².